The van der Waals surface area contributed by atoms with Gasteiger partial charge in [-0.15, -0.1) is 0 Å². The van der Waals surface area contributed by atoms with Gasteiger partial charge in [0.2, 0.25) is 0 Å². The molecular weight excluding hydrogens is 689 g/mol. The zero-order valence-corrected chi connectivity index (χ0v) is 32.7. The van der Waals surface area contributed by atoms with E-state index in [1.54, 1.807) is 0 Å². The summed E-state index contributed by atoms with van der Waals surface area (Å²) in [4.78, 5) is 0. The van der Waals surface area contributed by atoms with Crippen molar-refractivity contribution in [1.29, 1.82) is 0 Å². The summed E-state index contributed by atoms with van der Waals surface area (Å²) in [5.41, 5.74) is 24.1. The molecule has 3 heterocycles. The van der Waals surface area contributed by atoms with Crippen LogP contribution in [0, 0.1) is 62.3 Å². The second-order valence-electron chi connectivity index (χ2n) is 14.2. The molecule has 0 bridgehead atoms. The van der Waals surface area contributed by atoms with Crippen molar-refractivity contribution in [2.24, 2.45) is 5.73 Å². The summed E-state index contributed by atoms with van der Waals surface area (Å²) in [5, 5.41) is 15.5. The van der Waals surface area contributed by atoms with Gasteiger partial charge < -0.3 is 19.5 Å². The summed E-state index contributed by atoms with van der Waals surface area (Å²) >= 11 is 0. The van der Waals surface area contributed by atoms with Gasteiger partial charge in [0.15, 0.2) is 0 Å². The van der Waals surface area contributed by atoms with Gasteiger partial charge in [0.25, 0.3) is 0 Å². The molecule has 0 spiro atoms. The Labute approximate surface area is 319 Å². The van der Waals surface area contributed by atoms with Gasteiger partial charge in [-0.05, 0) is 138 Å². The average Bonchev–Trinajstić information content (AvgIpc) is 3.84. The molecule has 0 aliphatic heterocycles. The number of aryl methyl sites for hydroxylation is 9. The van der Waals surface area contributed by atoms with Crippen LogP contribution >= 0.6 is 0 Å². The number of benzene rings is 4. The van der Waals surface area contributed by atoms with Crippen molar-refractivity contribution in [3.8, 4) is 33.8 Å². The normalized spacial score (nSPS) is 11.0. The van der Waals surface area contributed by atoms with Gasteiger partial charge in [0.1, 0.15) is 0 Å². The van der Waals surface area contributed by atoms with Crippen LogP contribution < -0.4 is 5.73 Å². The molecule has 0 fully saturated rings. The van der Waals surface area contributed by atoms with E-state index >= 15 is 0 Å². The molecule has 0 aliphatic rings. The standard InChI is InChI=1S/C36H40BN6.C7H9N.Cu/c1-22-16-25(4)34(26(5)17-22)31-10-13-41(38-31)37(42-14-11-32(39-42)35-27(6)18-23(2)19-28(35)7)43-15-12-33(40-43)36-29(8)20-24(3)21-30(36)9;8-6-7-4-2-1-3-5-7;/h10-21,37H,1-9H3;1-5H,6,8H2;/q-1;;+2. The summed E-state index contributed by atoms with van der Waals surface area (Å²) in [7, 11) is -1.57. The Morgan fingerprint density at radius 3 is 1.00 bits per heavy atom. The van der Waals surface area contributed by atoms with Gasteiger partial charge in [0.05, 0.1) is 17.1 Å². The van der Waals surface area contributed by atoms with Crippen LogP contribution in [0.4, 0.5) is 0 Å². The Morgan fingerprint density at radius 2 is 0.750 bits per heavy atom. The molecule has 0 unspecified atom stereocenters. The Morgan fingerprint density at radius 1 is 0.462 bits per heavy atom. The molecule has 52 heavy (non-hydrogen) atoms. The SMILES string of the molecule is Cc1cc(C)c(-c2ccn([BH-](n3ccc(-c4c(C)cc(C)cc4C)n3)n3ccc(-c4c(C)cc(C)cc4C)n3)n2)c(C)c1.NCc1ccccc1.[Cu+2]. The molecule has 0 aliphatic carbocycles. The third-order valence-corrected chi connectivity index (χ3v) is 9.67. The van der Waals surface area contributed by atoms with Crippen LogP contribution in [0.25, 0.3) is 33.8 Å². The molecule has 7 aromatic rings. The van der Waals surface area contributed by atoms with E-state index in [9.17, 15) is 0 Å². The number of nitrogens with zero attached hydrogens (tertiary/aromatic N) is 6. The fraction of sp³-hybridized carbons (Fsp3) is 0.233. The first-order chi connectivity index (χ1) is 24.4. The Hall–Kier alpha value is -4.95. The first-order valence-corrected chi connectivity index (χ1v) is 17.7. The molecule has 0 saturated heterocycles. The molecule has 2 N–H and O–H groups in total. The quantitative estimate of drug-likeness (QED) is 0.166. The molecule has 0 amide bonds. The summed E-state index contributed by atoms with van der Waals surface area (Å²) in [6.45, 7) is 20.0. The van der Waals surface area contributed by atoms with Crippen molar-refractivity contribution in [1.82, 2.24) is 29.1 Å². The zero-order valence-electron chi connectivity index (χ0n) is 31.8. The second-order valence-corrected chi connectivity index (χ2v) is 14.2. The zero-order chi connectivity index (χ0) is 36.4. The average molecular weight is 738 g/mol. The van der Waals surface area contributed by atoms with Crippen LogP contribution in [0.15, 0.2) is 104 Å². The van der Waals surface area contributed by atoms with Crippen molar-refractivity contribution in [3.63, 3.8) is 0 Å². The molecule has 3 aromatic heterocycles. The van der Waals surface area contributed by atoms with Gasteiger partial charge in [-0.25, -0.2) is 15.3 Å². The van der Waals surface area contributed by atoms with Crippen LogP contribution in [0.2, 0.25) is 0 Å². The van der Waals surface area contributed by atoms with Crippen molar-refractivity contribution >= 4 is 7.12 Å². The Kier molecular flexibility index (Phi) is 11.9. The maximum Gasteiger partial charge on any atom is 2.00 e. The first-order valence-electron chi connectivity index (χ1n) is 17.7. The number of nitrogens with two attached hydrogens (primary N) is 1. The van der Waals surface area contributed by atoms with E-state index in [1.165, 1.54) is 72.3 Å². The number of hydrogen-bond donors (Lipinski definition) is 1. The Bertz CT molecular complexity index is 2020. The molecule has 4 aromatic carbocycles. The predicted molar refractivity (Wildman–Crippen MR) is 213 cm³/mol. The number of hydrogen-bond acceptors (Lipinski definition) is 4. The van der Waals surface area contributed by atoms with Crippen molar-refractivity contribution in [3.05, 3.63) is 159 Å². The topological polar surface area (TPSA) is 79.5 Å². The van der Waals surface area contributed by atoms with Crippen LogP contribution in [0.3, 0.4) is 0 Å². The number of rotatable bonds is 7. The maximum atomic E-state index is 5.35. The third kappa shape index (κ3) is 8.08. The van der Waals surface area contributed by atoms with Crippen LogP contribution in [0.1, 0.15) is 55.6 Å². The minimum Gasteiger partial charge on any atom is -0.402 e. The molecule has 0 saturated carbocycles. The largest absolute Gasteiger partial charge is 2.00 e. The Balaban J connectivity index is 0.000000515. The van der Waals surface area contributed by atoms with E-state index < -0.39 is 7.12 Å². The van der Waals surface area contributed by atoms with E-state index in [0.29, 0.717) is 6.54 Å². The van der Waals surface area contributed by atoms with Gasteiger partial charge in [-0.1, -0.05) is 83.4 Å². The molecule has 7 rings (SSSR count). The van der Waals surface area contributed by atoms with Crippen LogP contribution in [-0.4, -0.2) is 36.2 Å². The summed E-state index contributed by atoms with van der Waals surface area (Å²) < 4.78 is 6.14. The van der Waals surface area contributed by atoms with E-state index in [0.717, 1.165) is 17.1 Å². The number of aromatic nitrogens is 6. The molecule has 0 atom stereocenters. The molecule has 7 nitrogen and oxygen atoms in total. The van der Waals surface area contributed by atoms with E-state index in [1.807, 2.05) is 44.1 Å². The fourth-order valence-corrected chi connectivity index (χ4v) is 7.77. The molecular formula is C43H49BCuN7+. The predicted octanol–water partition coefficient (Wildman–Crippen LogP) is 8.86. The van der Waals surface area contributed by atoms with Crippen molar-refractivity contribution in [2.75, 3.05) is 0 Å². The van der Waals surface area contributed by atoms with E-state index in [-0.39, 0.29) is 17.1 Å². The van der Waals surface area contributed by atoms with Crippen LogP contribution in [-0.2, 0) is 23.6 Å². The minimum absolute atomic E-state index is 0. The third-order valence-electron chi connectivity index (χ3n) is 9.67. The first kappa shape index (κ1) is 38.3. The summed E-state index contributed by atoms with van der Waals surface area (Å²) in [6.07, 6.45) is 6.21. The smallest absolute Gasteiger partial charge is 0.402 e. The maximum absolute atomic E-state index is 5.35. The summed E-state index contributed by atoms with van der Waals surface area (Å²) in [5.74, 6) is 0. The van der Waals surface area contributed by atoms with Crippen LogP contribution in [0.5, 0.6) is 0 Å². The van der Waals surface area contributed by atoms with Gasteiger partial charge in [0, 0.05) is 23.2 Å². The summed E-state index contributed by atoms with van der Waals surface area (Å²) in [6, 6.07) is 29.7. The monoisotopic (exact) mass is 737 g/mol. The van der Waals surface area contributed by atoms with Gasteiger partial charge >= 0.3 is 24.2 Å². The van der Waals surface area contributed by atoms with Crippen molar-refractivity contribution in [2.45, 2.75) is 68.9 Å². The molecule has 1 radical (unpaired) electrons. The second kappa shape index (κ2) is 16.2. The molecule has 9 heteroatoms. The minimum atomic E-state index is -1.57. The molecule has 269 valence electrons. The van der Waals surface area contributed by atoms with E-state index in [2.05, 4.69) is 136 Å². The van der Waals surface area contributed by atoms with Gasteiger partial charge in [-0.3, -0.25) is 0 Å². The van der Waals surface area contributed by atoms with E-state index in [4.69, 9.17) is 21.0 Å². The van der Waals surface area contributed by atoms with Crippen molar-refractivity contribution < 1.29 is 17.1 Å². The van der Waals surface area contributed by atoms with Gasteiger partial charge in [-0.2, -0.15) is 0 Å². The fourth-order valence-electron chi connectivity index (χ4n) is 7.77.